The summed E-state index contributed by atoms with van der Waals surface area (Å²) in [6, 6.07) is 8.92. The van der Waals surface area contributed by atoms with Gasteiger partial charge < -0.3 is 15.4 Å². The molecule has 3 N–H and O–H groups in total. The van der Waals surface area contributed by atoms with Crippen LogP contribution in [0.1, 0.15) is 38.9 Å². The molecule has 12 heteroatoms. The van der Waals surface area contributed by atoms with Crippen molar-refractivity contribution in [3.05, 3.63) is 56.8 Å². The van der Waals surface area contributed by atoms with E-state index >= 15 is 0 Å². The van der Waals surface area contributed by atoms with Gasteiger partial charge in [0, 0.05) is 17.9 Å². The third-order valence-electron chi connectivity index (χ3n) is 4.44. The largest absolute Gasteiger partial charge is 0.462 e. The molecule has 10 nitrogen and oxygen atoms in total. The van der Waals surface area contributed by atoms with E-state index in [9.17, 15) is 19.2 Å². The lowest BCUT2D eigenvalue weighted by atomic mass is 10.1. The van der Waals surface area contributed by atoms with Crippen molar-refractivity contribution in [3.63, 3.8) is 0 Å². The average molecular weight is 492 g/mol. The van der Waals surface area contributed by atoms with E-state index in [2.05, 4.69) is 20.4 Å². The van der Waals surface area contributed by atoms with Crippen molar-refractivity contribution in [2.45, 2.75) is 25.3 Å². The summed E-state index contributed by atoms with van der Waals surface area (Å²) in [5.74, 6) is -1.07. The molecule has 1 aromatic carbocycles. The Hall–Kier alpha value is -3.38. The van der Waals surface area contributed by atoms with Crippen molar-refractivity contribution in [2.24, 2.45) is 7.05 Å². The van der Waals surface area contributed by atoms with Gasteiger partial charge in [0.15, 0.2) is 7.05 Å². The number of thiophene rings is 1. The summed E-state index contributed by atoms with van der Waals surface area (Å²) in [5, 5.41) is 8.47. The standard InChI is InChI=1S/C21H22N4O6S2/c1-4-30-20(28)15-12(2)16(17(27)22-13-8-6-5-7-9-13)33-18(15)23-14(26)10-11-32-19-21(29)31-24-25(19)3/h5-9H,4,10-11H2,1-3H3,(H2-,22,23,24,26,27,28,29)/p+1. The highest BCUT2D eigenvalue weighted by atomic mass is 32.2. The monoisotopic (exact) mass is 491 g/mol. The number of ether oxygens (including phenoxy) is 1. The van der Waals surface area contributed by atoms with Crippen LogP contribution in [0.5, 0.6) is 0 Å². The molecule has 0 aliphatic heterocycles. The predicted octanol–water partition coefficient (Wildman–Crippen LogP) is 2.71. The van der Waals surface area contributed by atoms with Crippen LogP contribution in [-0.2, 0) is 16.6 Å². The maximum Gasteiger partial charge on any atom is 0.441 e. The quantitative estimate of drug-likeness (QED) is 0.238. The number of H-pyrrole nitrogens is 1. The SMILES string of the molecule is CCOC(=O)c1c(NC(=O)CCSc2c(=O)o[nH][n+]2C)sc(C(=O)Nc2ccccc2)c1C. The molecule has 0 bridgehead atoms. The van der Waals surface area contributed by atoms with Crippen LogP contribution >= 0.6 is 23.1 Å². The molecule has 174 valence electrons. The van der Waals surface area contributed by atoms with Crippen LogP contribution in [0.25, 0.3) is 0 Å². The number of thioether (sulfide) groups is 1. The van der Waals surface area contributed by atoms with Gasteiger partial charge in [-0.3, -0.25) is 14.1 Å². The zero-order valence-electron chi connectivity index (χ0n) is 18.2. The second-order valence-corrected chi connectivity index (χ2v) is 8.90. The van der Waals surface area contributed by atoms with E-state index in [1.165, 1.54) is 4.68 Å². The maximum atomic E-state index is 12.8. The molecule has 2 heterocycles. The summed E-state index contributed by atoms with van der Waals surface area (Å²) < 4.78 is 11.2. The first-order valence-electron chi connectivity index (χ1n) is 9.98. The summed E-state index contributed by atoms with van der Waals surface area (Å²) in [4.78, 5) is 49.8. The number of amides is 2. The molecule has 0 saturated heterocycles. The lowest BCUT2D eigenvalue weighted by Crippen LogP contribution is -2.33. The second kappa shape index (κ2) is 11.0. The average Bonchev–Trinajstić information content (AvgIpc) is 3.27. The lowest BCUT2D eigenvalue weighted by molar-refractivity contribution is -0.772. The molecule has 2 aromatic heterocycles. The molecule has 0 aliphatic carbocycles. The first kappa shape index (κ1) is 24.3. The van der Waals surface area contributed by atoms with Crippen molar-refractivity contribution in [1.82, 2.24) is 5.27 Å². The van der Waals surface area contributed by atoms with Crippen molar-refractivity contribution >= 4 is 51.6 Å². The van der Waals surface area contributed by atoms with E-state index in [0.717, 1.165) is 23.1 Å². The number of nitrogens with one attached hydrogen (secondary N) is 3. The highest BCUT2D eigenvalue weighted by Crippen LogP contribution is 2.34. The third kappa shape index (κ3) is 5.90. The normalized spacial score (nSPS) is 10.6. The van der Waals surface area contributed by atoms with Gasteiger partial charge >= 0.3 is 16.6 Å². The minimum Gasteiger partial charge on any atom is -0.462 e. The highest BCUT2D eigenvalue weighted by Gasteiger charge is 2.27. The first-order chi connectivity index (χ1) is 15.8. The first-order valence-corrected chi connectivity index (χ1v) is 11.8. The topological polar surface area (TPSA) is 134 Å². The van der Waals surface area contributed by atoms with Crippen LogP contribution in [0.3, 0.4) is 0 Å². The van der Waals surface area contributed by atoms with E-state index in [0.29, 0.717) is 26.9 Å². The van der Waals surface area contributed by atoms with Gasteiger partial charge in [0.05, 0.1) is 17.0 Å². The molecule has 33 heavy (non-hydrogen) atoms. The Kier molecular flexibility index (Phi) is 8.06. The summed E-state index contributed by atoms with van der Waals surface area (Å²) in [7, 11) is 1.62. The zero-order chi connectivity index (χ0) is 24.0. The molecule has 0 saturated carbocycles. The molecule has 0 radical (unpaired) electrons. The summed E-state index contributed by atoms with van der Waals surface area (Å²) in [6.45, 7) is 3.47. The predicted molar refractivity (Wildman–Crippen MR) is 124 cm³/mol. The molecular formula is C21H23N4O6S2+. The van der Waals surface area contributed by atoms with Crippen LogP contribution in [0.4, 0.5) is 10.7 Å². The summed E-state index contributed by atoms with van der Waals surface area (Å²) in [5.41, 5.74) is 0.667. The lowest BCUT2D eigenvalue weighted by Gasteiger charge is -2.06. The fourth-order valence-electron chi connectivity index (χ4n) is 2.89. The molecule has 0 unspecified atom stereocenters. The Bertz CT molecular complexity index is 1220. The molecule has 0 atom stereocenters. The van der Waals surface area contributed by atoms with Crippen molar-refractivity contribution < 1.29 is 28.3 Å². The smallest absolute Gasteiger partial charge is 0.441 e. The Morgan fingerprint density at radius 1 is 1.21 bits per heavy atom. The highest BCUT2D eigenvalue weighted by molar-refractivity contribution is 7.99. The van der Waals surface area contributed by atoms with Gasteiger partial charge in [-0.2, -0.15) is 0 Å². The Labute approximate surface area is 197 Å². The number of aryl methyl sites for hydroxylation is 1. The minimum absolute atomic E-state index is 0.0695. The van der Waals surface area contributed by atoms with Gasteiger partial charge in [-0.15, -0.1) is 11.3 Å². The second-order valence-electron chi connectivity index (χ2n) is 6.79. The van der Waals surface area contributed by atoms with Crippen LogP contribution in [0, 0.1) is 6.92 Å². The van der Waals surface area contributed by atoms with Gasteiger partial charge in [0.25, 0.3) is 5.91 Å². The van der Waals surface area contributed by atoms with E-state index in [4.69, 9.17) is 4.74 Å². The van der Waals surface area contributed by atoms with Gasteiger partial charge in [-0.25, -0.2) is 9.59 Å². The maximum absolute atomic E-state index is 12.8. The van der Waals surface area contributed by atoms with E-state index in [-0.39, 0.29) is 29.5 Å². The summed E-state index contributed by atoms with van der Waals surface area (Å²) >= 11 is 2.17. The molecule has 3 aromatic rings. The third-order valence-corrected chi connectivity index (χ3v) is 6.77. The van der Waals surface area contributed by atoms with Crippen molar-refractivity contribution in [2.75, 3.05) is 23.0 Å². The van der Waals surface area contributed by atoms with Crippen LogP contribution in [0.2, 0.25) is 0 Å². The number of rotatable bonds is 9. The number of aromatic nitrogens is 2. The number of para-hydroxylation sites is 1. The van der Waals surface area contributed by atoms with E-state index < -0.39 is 17.5 Å². The fourth-order valence-corrected chi connectivity index (χ4v) is 4.87. The Morgan fingerprint density at radius 2 is 1.94 bits per heavy atom. The molecule has 0 fully saturated rings. The van der Waals surface area contributed by atoms with Gasteiger partial charge in [-0.1, -0.05) is 22.9 Å². The molecule has 3 rings (SSSR count). The fraction of sp³-hybridized carbons (Fsp3) is 0.286. The van der Waals surface area contributed by atoms with E-state index in [1.54, 1.807) is 45.2 Å². The molecular weight excluding hydrogens is 468 g/mol. The molecule has 0 spiro atoms. The number of nitrogens with zero attached hydrogens (tertiary/aromatic N) is 1. The minimum atomic E-state index is -0.619. The molecule has 2 amide bonds. The van der Waals surface area contributed by atoms with Crippen molar-refractivity contribution in [3.8, 4) is 0 Å². The Morgan fingerprint density at radius 3 is 2.58 bits per heavy atom. The van der Waals surface area contributed by atoms with Crippen LogP contribution in [0.15, 0.2) is 44.7 Å². The van der Waals surface area contributed by atoms with Gasteiger partial charge in [0.1, 0.15) is 5.00 Å². The number of hydrogen-bond acceptors (Lipinski definition) is 8. The van der Waals surface area contributed by atoms with Crippen molar-refractivity contribution in [1.29, 1.82) is 0 Å². The number of esters is 1. The number of benzene rings is 1. The Balaban J connectivity index is 1.75. The number of carbonyl (C=O) groups is 3. The summed E-state index contributed by atoms with van der Waals surface area (Å²) in [6.07, 6.45) is 0.0695. The molecule has 0 aliphatic rings. The van der Waals surface area contributed by atoms with Crippen LogP contribution in [-0.4, -0.2) is 35.4 Å². The van der Waals surface area contributed by atoms with Crippen LogP contribution < -0.4 is 20.9 Å². The van der Waals surface area contributed by atoms with E-state index in [1.807, 2.05) is 6.07 Å². The van der Waals surface area contributed by atoms with Gasteiger partial charge in [-0.05, 0) is 48.6 Å². The number of anilines is 2. The zero-order valence-corrected chi connectivity index (χ0v) is 19.9. The number of aromatic amines is 1. The number of carbonyl (C=O) groups excluding carboxylic acids is 3. The number of hydrogen-bond donors (Lipinski definition) is 3. The van der Waals surface area contributed by atoms with Gasteiger partial charge in [0.2, 0.25) is 5.91 Å².